The van der Waals surface area contributed by atoms with Crippen LogP contribution in [-0.4, -0.2) is 10.6 Å². The molecule has 2 aromatic rings. The largest absolute Gasteiger partial charge is 0.487 e. The van der Waals surface area contributed by atoms with Crippen molar-refractivity contribution in [3.8, 4) is 5.75 Å². The van der Waals surface area contributed by atoms with Crippen LogP contribution in [0.25, 0.3) is 0 Å². The Bertz CT molecular complexity index is 665. The summed E-state index contributed by atoms with van der Waals surface area (Å²) in [5.74, 6) is 1.52. The molecule has 1 N–H and O–H groups in total. The minimum absolute atomic E-state index is 0.159. The van der Waals surface area contributed by atoms with Gasteiger partial charge < -0.3 is 10.1 Å². The number of hydrogen-bond donors (Lipinski definition) is 1. The van der Waals surface area contributed by atoms with Gasteiger partial charge in [-0.25, -0.2) is 0 Å². The van der Waals surface area contributed by atoms with Crippen LogP contribution in [0.2, 0.25) is 0 Å². The molecule has 1 aliphatic heterocycles. The summed E-state index contributed by atoms with van der Waals surface area (Å²) in [6, 6.07) is 12.9. The summed E-state index contributed by atoms with van der Waals surface area (Å²) >= 11 is 0. The van der Waals surface area contributed by atoms with Gasteiger partial charge in [0.1, 0.15) is 11.4 Å². The van der Waals surface area contributed by atoms with Gasteiger partial charge in [0.05, 0.1) is 5.69 Å². The molecule has 0 saturated heterocycles. The highest BCUT2D eigenvalue weighted by Gasteiger charge is 2.33. The fourth-order valence-corrected chi connectivity index (χ4v) is 3.14. The van der Waals surface area contributed by atoms with E-state index in [1.807, 2.05) is 18.3 Å². The zero-order chi connectivity index (χ0) is 16.4. The molecule has 3 heteroatoms. The lowest BCUT2D eigenvalue weighted by Gasteiger charge is -2.38. The van der Waals surface area contributed by atoms with E-state index in [0.29, 0.717) is 5.92 Å². The van der Waals surface area contributed by atoms with Crippen molar-refractivity contribution in [1.82, 2.24) is 10.3 Å². The van der Waals surface area contributed by atoms with E-state index in [9.17, 15) is 0 Å². The first kappa shape index (κ1) is 16.0. The van der Waals surface area contributed by atoms with Gasteiger partial charge in [-0.15, -0.1) is 0 Å². The van der Waals surface area contributed by atoms with Crippen LogP contribution in [0.4, 0.5) is 0 Å². The van der Waals surface area contributed by atoms with Crippen LogP contribution < -0.4 is 10.1 Å². The third kappa shape index (κ3) is 3.73. The van der Waals surface area contributed by atoms with Crippen molar-refractivity contribution in [3.63, 3.8) is 0 Å². The monoisotopic (exact) mass is 310 g/mol. The maximum absolute atomic E-state index is 6.18. The Kier molecular flexibility index (Phi) is 4.40. The number of hydrogen-bond acceptors (Lipinski definition) is 3. The molecule has 0 aliphatic carbocycles. The smallest absolute Gasteiger partial charge is 0.124 e. The molecule has 0 radical (unpaired) electrons. The molecule has 122 valence electrons. The number of nitrogens with one attached hydrogen (secondary N) is 1. The van der Waals surface area contributed by atoms with E-state index in [2.05, 4.69) is 62.3 Å². The van der Waals surface area contributed by atoms with Gasteiger partial charge in [0.25, 0.3) is 0 Å². The molecule has 1 aromatic heterocycles. The topological polar surface area (TPSA) is 34.2 Å². The molecule has 23 heavy (non-hydrogen) atoms. The van der Waals surface area contributed by atoms with Gasteiger partial charge in [0, 0.05) is 30.8 Å². The fourth-order valence-electron chi connectivity index (χ4n) is 3.14. The zero-order valence-electron chi connectivity index (χ0n) is 14.5. The summed E-state index contributed by atoms with van der Waals surface area (Å²) in [7, 11) is 0. The Labute approximate surface area is 139 Å². The summed E-state index contributed by atoms with van der Waals surface area (Å²) in [6.07, 6.45) is 2.80. The van der Waals surface area contributed by atoms with Crippen LogP contribution in [0.3, 0.4) is 0 Å². The van der Waals surface area contributed by atoms with Gasteiger partial charge in [0.15, 0.2) is 0 Å². The Morgan fingerprint density at radius 3 is 2.78 bits per heavy atom. The van der Waals surface area contributed by atoms with Crippen LogP contribution in [-0.2, 0) is 6.54 Å². The molecule has 0 saturated carbocycles. The number of aromatic nitrogens is 1. The predicted octanol–water partition coefficient (Wildman–Crippen LogP) is 4.60. The lowest BCUT2D eigenvalue weighted by Crippen LogP contribution is -2.39. The second-order valence-electron chi connectivity index (χ2n) is 7.27. The third-order valence-electron chi connectivity index (χ3n) is 4.41. The standard InChI is InChI=1S/C20H26N2O/c1-14(2)15-8-9-19-17(11-15)18(12-20(3,4)23-19)22-13-16-7-5-6-10-21-16/h5-11,14,18,22H,12-13H2,1-4H3. The van der Waals surface area contributed by atoms with Gasteiger partial charge in [-0.05, 0) is 43.5 Å². The van der Waals surface area contributed by atoms with Crippen LogP contribution in [0, 0.1) is 0 Å². The first-order valence-electron chi connectivity index (χ1n) is 8.41. The Hall–Kier alpha value is -1.87. The number of ether oxygens (including phenoxy) is 1. The summed E-state index contributed by atoms with van der Waals surface area (Å²) in [5.41, 5.74) is 3.54. The van der Waals surface area contributed by atoms with Crippen molar-refractivity contribution < 1.29 is 4.74 Å². The predicted molar refractivity (Wildman–Crippen MR) is 93.7 cm³/mol. The number of rotatable bonds is 4. The maximum atomic E-state index is 6.18. The molecular weight excluding hydrogens is 284 g/mol. The van der Waals surface area contributed by atoms with Gasteiger partial charge >= 0.3 is 0 Å². The summed E-state index contributed by atoms with van der Waals surface area (Å²) < 4.78 is 6.18. The van der Waals surface area contributed by atoms with E-state index in [4.69, 9.17) is 4.74 Å². The molecule has 1 aromatic carbocycles. The van der Waals surface area contributed by atoms with Crippen molar-refractivity contribution in [3.05, 3.63) is 59.4 Å². The van der Waals surface area contributed by atoms with Gasteiger partial charge in [-0.2, -0.15) is 0 Å². The Balaban J connectivity index is 1.86. The zero-order valence-corrected chi connectivity index (χ0v) is 14.5. The van der Waals surface area contributed by atoms with Crippen molar-refractivity contribution in [2.24, 2.45) is 0 Å². The average Bonchev–Trinajstić information content (AvgIpc) is 2.52. The lowest BCUT2D eigenvalue weighted by atomic mass is 9.87. The highest BCUT2D eigenvalue weighted by Crippen LogP contribution is 2.40. The van der Waals surface area contributed by atoms with Gasteiger partial charge in [-0.1, -0.05) is 32.0 Å². The van der Waals surface area contributed by atoms with E-state index in [1.165, 1.54) is 11.1 Å². The first-order chi connectivity index (χ1) is 10.9. The number of benzene rings is 1. The molecule has 1 aliphatic rings. The maximum Gasteiger partial charge on any atom is 0.124 e. The van der Waals surface area contributed by atoms with E-state index in [1.54, 1.807) is 0 Å². The first-order valence-corrected chi connectivity index (χ1v) is 8.41. The van der Waals surface area contributed by atoms with Gasteiger partial charge in [-0.3, -0.25) is 4.98 Å². The molecule has 0 spiro atoms. The highest BCUT2D eigenvalue weighted by molar-refractivity contribution is 5.42. The summed E-state index contributed by atoms with van der Waals surface area (Å²) in [6.45, 7) is 9.54. The molecular formula is C20H26N2O. The number of nitrogens with zero attached hydrogens (tertiary/aromatic N) is 1. The van der Waals surface area contributed by atoms with Crippen LogP contribution in [0.5, 0.6) is 5.75 Å². The Morgan fingerprint density at radius 2 is 2.09 bits per heavy atom. The lowest BCUT2D eigenvalue weighted by molar-refractivity contribution is 0.0656. The van der Waals surface area contributed by atoms with E-state index in [0.717, 1.165) is 24.4 Å². The van der Waals surface area contributed by atoms with Crippen molar-refractivity contribution in [2.45, 2.75) is 58.2 Å². The Morgan fingerprint density at radius 1 is 1.26 bits per heavy atom. The average molecular weight is 310 g/mol. The molecule has 3 rings (SSSR count). The minimum atomic E-state index is -0.159. The third-order valence-corrected chi connectivity index (χ3v) is 4.41. The molecule has 2 heterocycles. The van der Waals surface area contributed by atoms with Crippen LogP contribution in [0.15, 0.2) is 42.6 Å². The highest BCUT2D eigenvalue weighted by atomic mass is 16.5. The van der Waals surface area contributed by atoms with Gasteiger partial charge in [0.2, 0.25) is 0 Å². The van der Waals surface area contributed by atoms with Crippen LogP contribution in [0.1, 0.15) is 62.9 Å². The normalized spacial score (nSPS) is 19.3. The second kappa shape index (κ2) is 6.32. The van der Waals surface area contributed by atoms with Crippen molar-refractivity contribution in [1.29, 1.82) is 0 Å². The van der Waals surface area contributed by atoms with E-state index >= 15 is 0 Å². The quantitative estimate of drug-likeness (QED) is 0.896. The molecule has 0 fully saturated rings. The summed E-state index contributed by atoms with van der Waals surface area (Å²) in [4.78, 5) is 4.41. The van der Waals surface area contributed by atoms with Crippen molar-refractivity contribution >= 4 is 0 Å². The number of pyridine rings is 1. The van der Waals surface area contributed by atoms with E-state index in [-0.39, 0.29) is 11.6 Å². The summed E-state index contributed by atoms with van der Waals surface area (Å²) in [5, 5.41) is 3.67. The minimum Gasteiger partial charge on any atom is -0.487 e. The number of fused-ring (bicyclic) bond motifs is 1. The molecule has 3 nitrogen and oxygen atoms in total. The second-order valence-corrected chi connectivity index (χ2v) is 7.27. The van der Waals surface area contributed by atoms with E-state index < -0.39 is 0 Å². The molecule has 1 unspecified atom stereocenters. The SMILES string of the molecule is CC(C)c1ccc2c(c1)C(NCc1ccccn1)CC(C)(C)O2. The fraction of sp³-hybridized carbons (Fsp3) is 0.450. The molecule has 0 bridgehead atoms. The molecule has 1 atom stereocenters. The van der Waals surface area contributed by atoms with Crippen LogP contribution >= 0.6 is 0 Å². The van der Waals surface area contributed by atoms with Crippen molar-refractivity contribution in [2.75, 3.05) is 0 Å². The molecule has 0 amide bonds.